The molecule has 0 aliphatic carbocycles. The summed E-state index contributed by atoms with van der Waals surface area (Å²) < 4.78 is 4.76. The third-order valence-electron chi connectivity index (χ3n) is 1.29. The van der Waals surface area contributed by atoms with Crippen molar-refractivity contribution in [3.63, 3.8) is 0 Å². The molecule has 1 rings (SSSR count). The maximum atomic E-state index is 9.03. The summed E-state index contributed by atoms with van der Waals surface area (Å²) in [6, 6.07) is 0. The third kappa shape index (κ3) is 1.07. The zero-order valence-corrected chi connectivity index (χ0v) is 5.59. The Hall–Kier alpha value is -0.920. The topological polar surface area (TPSA) is 33.4 Å². The van der Waals surface area contributed by atoms with E-state index in [1.165, 1.54) is 6.26 Å². The van der Waals surface area contributed by atoms with Gasteiger partial charge < -0.3 is 9.52 Å². The predicted octanol–water partition coefficient (Wildman–Crippen LogP) is 2.11. The molecule has 1 heterocycles. The van der Waals surface area contributed by atoms with Crippen molar-refractivity contribution in [2.45, 2.75) is 19.8 Å². The molecule has 0 fully saturated rings. The highest BCUT2D eigenvalue weighted by Gasteiger charge is 2.05. The van der Waals surface area contributed by atoms with Gasteiger partial charge in [0.1, 0.15) is 6.26 Å². The summed E-state index contributed by atoms with van der Waals surface area (Å²) in [5.41, 5.74) is 0.870. The van der Waals surface area contributed by atoms with Crippen molar-refractivity contribution in [3.8, 4) is 5.75 Å². The lowest BCUT2D eigenvalue weighted by atomic mass is 10.1. The Kier molecular flexibility index (Phi) is 1.47. The first-order chi connectivity index (χ1) is 4.22. The molecule has 0 bridgehead atoms. The minimum atomic E-state index is 0.255. The van der Waals surface area contributed by atoms with E-state index in [1.807, 2.05) is 13.8 Å². The van der Waals surface area contributed by atoms with E-state index in [2.05, 4.69) is 0 Å². The molecule has 2 heteroatoms. The van der Waals surface area contributed by atoms with Gasteiger partial charge in [0.2, 0.25) is 0 Å². The largest absolute Gasteiger partial charge is 0.504 e. The quantitative estimate of drug-likeness (QED) is 0.625. The lowest BCUT2D eigenvalue weighted by molar-refractivity contribution is 0.454. The van der Waals surface area contributed by atoms with Crippen LogP contribution in [0.5, 0.6) is 5.75 Å². The second-order valence-corrected chi connectivity index (χ2v) is 2.37. The standard InChI is InChI=1S/C7H10O2/c1-5(2)6-3-9-4-7(6)8/h3-5,8H,1-2H3. The molecule has 0 amide bonds. The predicted molar refractivity (Wildman–Crippen MR) is 34.5 cm³/mol. The van der Waals surface area contributed by atoms with Crippen LogP contribution in [0.25, 0.3) is 0 Å². The fraction of sp³-hybridized carbons (Fsp3) is 0.429. The smallest absolute Gasteiger partial charge is 0.157 e. The highest BCUT2D eigenvalue weighted by atomic mass is 16.3. The van der Waals surface area contributed by atoms with E-state index in [0.29, 0.717) is 5.92 Å². The Bertz CT molecular complexity index is 189. The molecule has 1 aromatic heterocycles. The number of aromatic hydroxyl groups is 1. The number of furan rings is 1. The highest BCUT2D eigenvalue weighted by Crippen LogP contribution is 2.25. The molecule has 1 N–H and O–H groups in total. The van der Waals surface area contributed by atoms with E-state index in [0.717, 1.165) is 5.56 Å². The molecule has 0 atom stereocenters. The second kappa shape index (κ2) is 2.13. The average molecular weight is 126 g/mol. The van der Waals surface area contributed by atoms with Gasteiger partial charge in [-0.2, -0.15) is 0 Å². The minimum Gasteiger partial charge on any atom is -0.504 e. The molecule has 0 radical (unpaired) electrons. The van der Waals surface area contributed by atoms with Crippen LogP contribution in [0.3, 0.4) is 0 Å². The van der Waals surface area contributed by atoms with Crippen LogP contribution in [-0.4, -0.2) is 5.11 Å². The van der Waals surface area contributed by atoms with Crippen LogP contribution in [0.1, 0.15) is 25.3 Å². The minimum absolute atomic E-state index is 0.255. The average Bonchev–Trinajstić information content (AvgIpc) is 2.13. The van der Waals surface area contributed by atoms with Gasteiger partial charge in [-0.1, -0.05) is 13.8 Å². The molecule has 1 aromatic rings. The Morgan fingerprint density at radius 1 is 1.44 bits per heavy atom. The summed E-state index contributed by atoms with van der Waals surface area (Å²) in [4.78, 5) is 0. The molecule has 0 saturated carbocycles. The van der Waals surface area contributed by atoms with Gasteiger partial charge in [0.25, 0.3) is 0 Å². The van der Waals surface area contributed by atoms with Gasteiger partial charge >= 0.3 is 0 Å². The van der Waals surface area contributed by atoms with E-state index in [9.17, 15) is 0 Å². The van der Waals surface area contributed by atoms with Crippen LogP contribution in [0.4, 0.5) is 0 Å². The van der Waals surface area contributed by atoms with Crippen molar-refractivity contribution < 1.29 is 9.52 Å². The fourth-order valence-corrected chi connectivity index (χ4v) is 0.732. The molecule has 0 unspecified atom stereocenters. The Labute approximate surface area is 54.1 Å². The van der Waals surface area contributed by atoms with E-state index in [-0.39, 0.29) is 5.75 Å². The summed E-state index contributed by atoms with van der Waals surface area (Å²) >= 11 is 0. The summed E-state index contributed by atoms with van der Waals surface area (Å²) in [7, 11) is 0. The SMILES string of the molecule is CC(C)c1cocc1O. The van der Waals surface area contributed by atoms with Crippen LogP contribution >= 0.6 is 0 Å². The maximum absolute atomic E-state index is 9.03. The molecule has 0 spiro atoms. The van der Waals surface area contributed by atoms with Crippen molar-refractivity contribution >= 4 is 0 Å². The normalized spacial score (nSPS) is 10.6. The van der Waals surface area contributed by atoms with Gasteiger partial charge in [-0.25, -0.2) is 0 Å². The van der Waals surface area contributed by atoms with E-state index < -0.39 is 0 Å². The molecular weight excluding hydrogens is 116 g/mol. The van der Waals surface area contributed by atoms with Crippen LogP contribution in [0, 0.1) is 0 Å². The van der Waals surface area contributed by atoms with Crippen LogP contribution in [0.15, 0.2) is 16.9 Å². The summed E-state index contributed by atoms with van der Waals surface area (Å²) in [6.07, 6.45) is 2.91. The fourth-order valence-electron chi connectivity index (χ4n) is 0.732. The summed E-state index contributed by atoms with van der Waals surface area (Å²) in [6.45, 7) is 4.01. The zero-order chi connectivity index (χ0) is 6.85. The van der Waals surface area contributed by atoms with Crippen molar-refractivity contribution in [3.05, 3.63) is 18.1 Å². The van der Waals surface area contributed by atoms with Crippen molar-refractivity contribution in [1.82, 2.24) is 0 Å². The molecule has 0 aliphatic heterocycles. The van der Waals surface area contributed by atoms with E-state index in [4.69, 9.17) is 9.52 Å². The lowest BCUT2D eigenvalue weighted by Crippen LogP contribution is -1.81. The first kappa shape index (κ1) is 6.20. The van der Waals surface area contributed by atoms with Gasteiger partial charge in [-0.05, 0) is 5.92 Å². The monoisotopic (exact) mass is 126 g/mol. The maximum Gasteiger partial charge on any atom is 0.157 e. The Morgan fingerprint density at radius 3 is 2.33 bits per heavy atom. The van der Waals surface area contributed by atoms with Crippen molar-refractivity contribution in [1.29, 1.82) is 0 Å². The van der Waals surface area contributed by atoms with Gasteiger partial charge in [0.05, 0.1) is 6.26 Å². The van der Waals surface area contributed by atoms with Gasteiger partial charge in [-0.15, -0.1) is 0 Å². The zero-order valence-electron chi connectivity index (χ0n) is 5.59. The number of hydrogen-bond donors (Lipinski definition) is 1. The summed E-state index contributed by atoms with van der Waals surface area (Å²) in [5, 5.41) is 9.03. The first-order valence-electron chi connectivity index (χ1n) is 2.97. The van der Waals surface area contributed by atoms with Crippen LogP contribution in [0.2, 0.25) is 0 Å². The summed E-state index contributed by atoms with van der Waals surface area (Å²) in [5.74, 6) is 0.591. The molecule has 0 aliphatic rings. The van der Waals surface area contributed by atoms with Crippen molar-refractivity contribution in [2.75, 3.05) is 0 Å². The second-order valence-electron chi connectivity index (χ2n) is 2.37. The molecule has 0 saturated heterocycles. The molecule has 2 nitrogen and oxygen atoms in total. The van der Waals surface area contributed by atoms with Crippen molar-refractivity contribution in [2.24, 2.45) is 0 Å². The molecule has 0 aromatic carbocycles. The number of hydrogen-bond acceptors (Lipinski definition) is 2. The molecule has 9 heavy (non-hydrogen) atoms. The first-order valence-corrected chi connectivity index (χ1v) is 2.97. The van der Waals surface area contributed by atoms with Gasteiger partial charge in [-0.3, -0.25) is 0 Å². The third-order valence-corrected chi connectivity index (χ3v) is 1.29. The number of rotatable bonds is 1. The van der Waals surface area contributed by atoms with Gasteiger partial charge in [0, 0.05) is 5.56 Å². The van der Waals surface area contributed by atoms with Crippen LogP contribution in [-0.2, 0) is 0 Å². The Balaban J connectivity index is 2.94. The van der Waals surface area contributed by atoms with E-state index >= 15 is 0 Å². The highest BCUT2D eigenvalue weighted by molar-refractivity contribution is 5.28. The Morgan fingerprint density at radius 2 is 2.11 bits per heavy atom. The van der Waals surface area contributed by atoms with E-state index in [1.54, 1.807) is 6.26 Å². The lowest BCUT2D eigenvalue weighted by Gasteiger charge is -1.97. The van der Waals surface area contributed by atoms with Crippen LogP contribution < -0.4 is 0 Å². The molecular formula is C7H10O2. The molecule has 50 valence electrons. The van der Waals surface area contributed by atoms with Gasteiger partial charge in [0.15, 0.2) is 5.75 Å².